The molecule has 0 atom stereocenters. The number of nitrogens with one attached hydrogen (secondary N) is 1. The maximum atomic E-state index is 12.6. The number of piperidine rings is 1. The number of aromatic amines is 1. The molecule has 1 N–H and O–H groups in total. The van der Waals surface area contributed by atoms with E-state index in [1.807, 2.05) is 23.1 Å². The van der Waals surface area contributed by atoms with Crippen LogP contribution in [0, 0.1) is 12.3 Å². The summed E-state index contributed by atoms with van der Waals surface area (Å²) in [6.45, 7) is 4.34. The first-order valence-electron chi connectivity index (χ1n) is 9.73. The number of pyridine rings is 1. The van der Waals surface area contributed by atoms with Crippen LogP contribution in [0.15, 0.2) is 23.0 Å². The Labute approximate surface area is 164 Å². The monoisotopic (exact) mass is 379 g/mol. The quantitative estimate of drug-likeness (QED) is 0.833. The predicted octanol–water partition coefficient (Wildman–Crippen LogP) is 2.64. The molecule has 6 heteroatoms. The number of H-pyrrole nitrogens is 1. The van der Waals surface area contributed by atoms with E-state index in [2.05, 4.69) is 22.7 Å². The van der Waals surface area contributed by atoms with Gasteiger partial charge in [-0.15, -0.1) is 6.42 Å². The first kappa shape index (κ1) is 18.6. The van der Waals surface area contributed by atoms with Crippen LogP contribution in [0.4, 0.5) is 11.4 Å². The smallest absolute Gasteiger partial charge is 0.266 e. The number of nitrogens with zero attached hydrogens (tertiary/aromatic N) is 2. The van der Waals surface area contributed by atoms with E-state index in [9.17, 15) is 9.59 Å². The highest BCUT2D eigenvalue weighted by Gasteiger charge is 2.32. The molecule has 6 nitrogen and oxygen atoms in total. The van der Waals surface area contributed by atoms with Gasteiger partial charge < -0.3 is 19.5 Å². The van der Waals surface area contributed by atoms with Gasteiger partial charge in [-0.3, -0.25) is 9.59 Å². The molecule has 1 aromatic carbocycles. The zero-order chi connectivity index (χ0) is 19.9. The highest BCUT2D eigenvalue weighted by atomic mass is 16.5. The molecule has 0 bridgehead atoms. The van der Waals surface area contributed by atoms with Crippen molar-refractivity contribution in [2.45, 2.75) is 38.2 Å². The molecule has 2 fully saturated rings. The fraction of sp³-hybridized carbons (Fsp3) is 0.455. The zero-order valence-electron chi connectivity index (χ0n) is 16.4. The molecule has 28 heavy (non-hydrogen) atoms. The van der Waals surface area contributed by atoms with E-state index < -0.39 is 0 Å². The van der Waals surface area contributed by atoms with E-state index in [0.29, 0.717) is 12.0 Å². The third-order valence-electron chi connectivity index (χ3n) is 6.13. The molecule has 4 rings (SSSR count). The molecule has 2 aliphatic heterocycles. The topological polar surface area (TPSA) is 65.6 Å². The number of methoxy groups -OCH3 is 1. The molecule has 0 unspecified atom stereocenters. The van der Waals surface area contributed by atoms with Gasteiger partial charge in [0.15, 0.2) is 0 Å². The molecule has 1 aromatic heterocycles. The van der Waals surface area contributed by atoms with Crippen molar-refractivity contribution < 1.29 is 9.53 Å². The average Bonchev–Trinajstić information content (AvgIpc) is 3.13. The molecule has 0 spiro atoms. The van der Waals surface area contributed by atoms with E-state index in [-0.39, 0.29) is 17.1 Å². The largest absolute Gasteiger partial charge is 0.378 e. The normalized spacial score (nSPS) is 19.2. The summed E-state index contributed by atoms with van der Waals surface area (Å²) in [6.07, 6.45) is 8.88. The number of rotatable bonds is 3. The summed E-state index contributed by atoms with van der Waals surface area (Å²) >= 11 is 0. The van der Waals surface area contributed by atoms with Gasteiger partial charge in [-0.1, -0.05) is 5.92 Å². The minimum atomic E-state index is -0.255. The number of terminal acetylenes is 1. The van der Waals surface area contributed by atoms with Crippen LogP contribution in [0.5, 0.6) is 0 Å². The van der Waals surface area contributed by atoms with Gasteiger partial charge in [0.2, 0.25) is 5.91 Å². The van der Waals surface area contributed by atoms with Crippen LogP contribution in [0.3, 0.4) is 0 Å². The highest BCUT2D eigenvalue weighted by molar-refractivity contribution is 6.01. The molecular formula is C22H25N3O3. The Kier molecular flexibility index (Phi) is 4.64. The van der Waals surface area contributed by atoms with Gasteiger partial charge in [0.05, 0.1) is 16.8 Å². The Balaban J connectivity index is 1.84. The average molecular weight is 379 g/mol. The lowest BCUT2D eigenvalue weighted by Crippen LogP contribution is -2.44. The summed E-state index contributed by atoms with van der Waals surface area (Å²) in [5, 5.41) is 0.880. The third kappa shape index (κ3) is 3.06. The van der Waals surface area contributed by atoms with Gasteiger partial charge in [0, 0.05) is 44.2 Å². The lowest BCUT2D eigenvalue weighted by atomic mass is 9.92. The van der Waals surface area contributed by atoms with Gasteiger partial charge in [-0.25, -0.2) is 0 Å². The Bertz CT molecular complexity index is 1030. The third-order valence-corrected chi connectivity index (χ3v) is 6.13. The Morgan fingerprint density at radius 2 is 1.96 bits per heavy atom. The first-order chi connectivity index (χ1) is 13.5. The summed E-state index contributed by atoms with van der Waals surface area (Å²) in [6, 6.07) is 5.73. The van der Waals surface area contributed by atoms with E-state index in [1.54, 1.807) is 7.11 Å². The second-order valence-electron chi connectivity index (χ2n) is 7.84. The Morgan fingerprint density at radius 1 is 1.21 bits per heavy atom. The van der Waals surface area contributed by atoms with Crippen LogP contribution in [0.1, 0.15) is 38.2 Å². The van der Waals surface area contributed by atoms with Crippen LogP contribution in [-0.4, -0.2) is 43.2 Å². The van der Waals surface area contributed by atoms with Crippen molar-refractivity contribution in [2.24, 2.45) is 0 Å². The van der Waals surface area contributed by atoms with Gasteiger partial charge in [-0.2, -0.15) is 0 Å². The number of anilines is 2. The molecule has 0 saturated carbocycles. The summed E-state index contributed by atoms with van der Waals surface area (Å²) in [5.41, 5.74) is 2.30. The number of carbonyl (C=O) groups excluding carboxylic acids is 1. The fourth-order valence-corrected chi connectivity index (χ4v) is 4.22. The molecule has 2 aliphatic rings. The number of benzene rings is 1. The summed E-state index contributed by atoms with van der Waals surface area (Å²) in [5.74, 6) is 2.72. The lowest BCUT2D eigenvalue weighted by molar-refractivity contribution is -0.117. The number of ether oxygens (including phenoxy) is 1. The van der Waals surface area contributed by atoms with Gasteiger partial charge in [0.1, 0.15) is 5.56 Å². The molecule has 0 aliphatic carbocycles. The Hall–Kier alpha value is -2.78. The number of fused-ring (bicyclic) bond motifs is 1. The second-order valence-corrected chi connectivity index (χ2v) is 7.84. The lowest BCUT2D eigenvalue weighted by Gasteiger charge is -2.40. The van der Waals surface area contributed by atoms with Crippen molar-refractivity contribution in [3.05, 3.63) is 34.1 Å². The van der Waals surface area contributed by atoms with Crippen molar-refractivity contribution in [3.8, 4) is 12.3 Å². The molecule has 2 aromatic rings. The van der Waals surface area contributed by atoms with Gasteiger partial charge >= 0.3 is 0 Å². The van der Waals surface area contributed by atoms with Crippen molar-refractivity contribution in [3.63, 3.8) is 0 Å². The maximum Gasteiger partial charge on any atom is 0.266 e. The fourth-order valence-electron chi connectivity index (χ4n) is 4.22. The number of hydrogen-bond acceptors (Lipinski definition) is 4. The van der Waals surface area contributed by atoms with Gasteiger partial charge in [-0.05, 0) is 44.4 Å². The van der Waals surface area contributed by atoms with E-state index >= 15 is 0 Å². The SMILES string of the molecule is C#Cc1c(N2CCC(C)(OC)CC2)c2cc(N3CCCC3=O)ccc2[nH]c1=O. The van der Waals surface area contributed by atoms with Crippen molar-refractivity contribution in [1.82, 2.24) is 4.98 Å². The maximum absolute atomic E-state index is 12.6. The minimum absolute atomic E-state index is 0.135. The standard InChI is InChI=1S/C22H25N3O3/c1-4-16-20(24-12-9-22(2,28-3)10-13-24)17-14-15(25-11-5-6-19(25)26)7-8-18(17)23-21(16)27/h1,7-8,14H,5-6,9-13H2,2-3H3,(H,23,27). The van der Waals surface area contributed by atoms with Crippen LogP contribution >= 0.6 is 0 Å². The van der Waals surface area contributed by atoms with Crippen molar-refractivity contribution in [2.75, 3.05) is 36.5 Å². The van der Waals surface area contributed by atoms with E-state index in [0.717, 1.165) is 61.2 Å². The molecule has 3 heterocycles. The second kappa shape index (κ2) is 6.99. The molecule has 146 valence electrons. The van der Waals surface area contributed by atoms with Crippen molar-refractivity contribution >= 4 is 28.2 Å². The van der Waals surface area contributed by atoms with E-state index in [1.165, 1.54) is 0 Å². The Morgan fingerprint density at radius 3 is 2.57 bits per heavy atom. The molecule has 0 radical (unpaired) electrons. The number of aromatic nitrogens is 1. The van der Waals surface area contributed by atoms with Crippen LogP contribution in [-0.2, 0) is 9.53 Å². The number of hydrogen-bond donors (Lipinski definition) is 1. The van der Waals surface area contributed by atoms with Crippen LogP contribution in [0.25, 0.3) is 10.9 Å². The highest BCUT2D eigenvalue weighted by Crippen LogP contribution is 2.35. The number of carbonyl (C=O) groups is 1. The summed E-state index contributed by atoms with van der Waals surface area (Å²) in [7, 11) is 1.74. The summed E-state index contributed by atoms with van der Waals surface area (Å²) < 4.78 is 5.65. The first-order valence-corrected chi connectivity index (χ1v) is 9.73. The van der Waals surface area contributed by atoms with Crippen molar-refractivity contribution in [1.29, 1.82) is 0 Å². The summed E-state index contributed by atoms with van der Waals surface area (Å²) in [4.78, 5) is 31.7. The van der Waals surface area contributed by atoms with Crippen LogP contribution in [0.2, 0.25) is 0 Å². The molecule has 2 saturated heterocycles. The minimum Gasteiger partial charge on any atom is -0.378 e. The van der Waals surface area contributed by atoms with Gasteiger partial charge in [0.25, 0.3) is 5.56 Å². The zero-order valence-corrected chi connectivity index (χ0v) is 16.4. The van der Waals surface area contributed by atoms with Crippen LogP contribution < -0.4 is 15.4 Å². The molecule has 1 amide bonds. The molecular weight excluding hydrogens is 354 g/mol. The number of amides is 1. The van der Waals surface area contributed by atoms with E-state index in [4.69, 9.17) is 11.2 Å². The predicted molar refractivity (Wildman–Crippen MR) is 111 cm³/mol.